The van der Waals surface area contributed by atoms with E-state index in [0.29, 0.717) is 17.5 Å². The highest BCUT2D eigenvalue weighted by Gasteiger charge is 2.39. The molecule has 0 aliphatic carbocycles. The van der Waals surface area contributed by atoms with Crippen LogP contribution < -0.4 is 5.32 Å². The van der Waals surface area contributed by atoms with Crippen LogP contribution in [0, 0.1) is 0 Å². The van der Waals surface area contributed by atoms with E-state index in [9.17, 15) is 0 Å². The molecule has 1 unspecified atom stereocenters. The van der Waals surface area contributed by atoms with E-state index in [1.54, 1.807) is 0 Å². The lowest BCUT2D eigenvalue weighted by atomic mass is 9.84. The Hall–Kier alpha value is -1.76. The van der Waals surface area contributed by atoms with Gasteiger partial charge in [0, 0.05) is 6.54 Å². The normalized spacial score (nSPS) is 24.3. The SMILES string of the molecule is CCC1(c2nc(-c3ncn[nH]3)no2)CCNC1. The molecule has 1 saturated heterocycles. The summed E-state index contributed by atoms with van der Waals surface area (Å²) in [6.45, 7) is 4.03. The van der Waals surface area contributed by atoms with Crippen LogP contribution in [0.2, 0.25) is 0 Å². The van der Waals surface area contributed by atoms with Crippen molar-refractivity contribution in [3.8, 4) is 11.6 Å². The molecular formula is C10H14N6O. The lowest BCUT2D eigenvalue weighted by Gasteiger charge is -2.20. The first kappa shape index (κ1) is 10.4. The van der Waals surface area contributed by atoms with Crippen LogP contribution in [-0.4, -0.2) is 38.4 Å². The lowest BCUT2D eigenvalue weighted by molar-refractivity contribution is 0.285. The Kier molecular flexibility index (Phi) is 2.40. The van der Waals surface area contributed by atoms with E-state index in [4.69, 9.17) is 4.52 Å². The fourth-order valence-electron chi connectivity index (χ4n) is 2.23. The van der Waals surface area contributed by atoms with Crippen molar-refractivity contribution >= 4 is 0 Å². The fourth-order valence-corrected chi connectivity index (χ4v) is 2.23. The molecule has 7 nitrogen and oxygen atoms in total. The molecule has 0 radical (unpaired) electrons. The third-order valence-electron chi connectivity index (χ3n) is 3.43. The standard InChI is InChI=1S/C10H14N6O/c1-2-10(3-4-11-5-10)9-14-8(16-17-9)7-12-6-13-15-7/h6,11H,2-5H2,1H3,(H,12,13,15). The van der Waals surface area contributed by atoms with Crippen molar-refractivity contribution in [1.82, 2.24) is 30.6 Å². The average Bonchev–Trinajstić information content (AvgIpc) is 3.10. The van der Waals surface area contributed by atoms with Crippen molar-refractivity contribution in [3.05, 3.63) is 12.2 Å². The maximum Gasteiger partial charge on any atom is 0.239 e. The summed E-state index contributed by atoms with van der Waals surface area (Å²) in [5, 5.41) is 13.8. The minimum Gasteiger partial charge on any atom is -0.338 e. The predicted molar refractivity (Wildman–Crippen MR) is 59.1 cm³/mol. The molecule has 90 valence electrons. The highest BCUT2D eigenvalue weighted by atomic mass is 16.5. The van der Waals surface area contributed by atoms with Gasteiger partial charge < -0.3 is 9.84 Å². The highest BCUT2D eigenvalue weighted by Crippen LogP contribution is 2.33. The summed E-state index contributed by atoms with van der Waals surface area (Å²) < 4.78 is 5.38. The van der Waals surface area contributed by atoms with Crippen LogP contribution >= 0.6 is 0 Å². The van der Waals surface area contributed by atoms with Gasteiger partial charge in [0.25, 0.3) is 0 Å². The summed E-state index contributed by atoms with van der Waals surface area (Å²) in [6.07, 6.45) is 3.44. The van der Waals surface area contributed by atoms with Crippen molar-refractivity contribution in [2.75, 3.05) is 13.1 Å². The molecule has 1 aliphatic rings. The summed E-state index contributed by atoms with van der Waals surface area (Å²) in [4.78, 5) is 8.43. The maximum atomic E-state index is 5.38. The van der Waals surface area contributed by atoms with Crippen LogP contribution in [0.15, 0.2) is 10.9 Å². The Morgan fingerprint density at radius 3 is 3.12 bits per heavy atom. The number of nitrogens with one attached hydrogen (secondary N) is 2. The van der Waals surface area contributed by atoms with Gasteiger partial charge in [-0.15, -0.1) is 0 Å². The summed E-state index contributed by atoms with van der Waals surface area (Å²) in [7, 11) is 0. The van der Waals surface area contributed by atoms with E-state index in [2.05, 4.69) is 37.6 Å². The van der Waals surface area contributed by atoms with Crippen LogP contribution in [0.4, 0.5) is 0 Å². The highest BCUT2D eigenvalue weighted by molar-refractivity contribution is 5.40. The van der Waals surface area contributed by atoms with Crippen LogP contribution in [0.5, 0.6) is 0 Å². The Morgan fingerprint density at radius 2 is 2.47 bits per heavy atom. The van der Waals surface area contributed by atoms with Gasteiger partial charge in [0.15, 0.2) is 5.82 Å². The molecule has 7 heteroatoms. The fraction of sp³-hybridized carbons (Fsp3) is 0.600. The molecule has 1 fully saturated rings. The number of aromatic amines is 1. The van der Waals surface area contributed by atoms with Crippen molar-refractivity contribution in [2.45, 2.75) is 25.2 Å². The molecule has 3 rings (SSSR count). The molecule has 0 spiro atoms. The largest absolute Gasteiger partial charge is 0.338 e. The molecule has 2 aromatic heterocycles. The summed E-state index contributed by atoms with van der Waals surface area (Å²) in [6, 6.07) is 0. The van der Waals surface area contributed by atoms with E-state index in [1.807, 2.05) is 0 Å². The van der Waals surface area contributed by atoms with Gasteiger partial charge in [0.2, 0.25) is 11.7 Å². The third kappa shape index (κ3) is 1.62. The van der Waals surface area contributed by atoms with E-state index in [1.165, 1.54) is 6.33 Å². The van der Waals surface area contributed by atoms with Crippen LogP contribution in [0.3, 0.4) is 0 Å². The van der Waals surface area contributed by atoms with Crippen molar-refractivity contribution < 1.29 is 4.52 Å². The zero-order chi connectivity index (χ0) is 11.7. The van der Waals surface area contributed by atoms with Gasteiger partial charge in [-0.1, -0.05) is 12.1 Å². The summed E-state index contributed by atoms with van der Waals surface area (Å²) in [5.74, 6) is 1.70. The molecule has 3 heterocycles. The molecule has 1 aliphatic heterocycles. The molecule has 17 heavy (non-hydrogen) atoms. The number of H-pyrrole nitrogens is 1. The smallest absolute Gasteiger partial charge is 0.239 e. The zero-order valence-corrected chi connectivity index (χ0v) is 9.60. The topological polar surface area (TPSA) is 92.5 Å². The molecule has 0 amide bonds. The number of aromatic nitrogens is 5. The predicted octanol–water partition coefficient (Wildman–Crippen LogP) is 0.496. The average molecular weight is 234 g/mol. The minimum atomic E-state index is -0.0225. The molecule has 2 aromatic rings. The first-order chi connectivity index (χ1) is 8.34. The summed E-state index contributed by atoms with van der Waals surface area (Å²) in [5.41, 5.74) is -0.0225. The van der Waals surface area contributed by atoms with Gasteiger partial charge in [-0.3, -0.25) is 5.10 Å². The molecule has 0 saturated carbocycles. The number of hydrogen-bond acceptors (Lipinski definition) is 6. The Morgan fingerprint density at radius 1 is 1.53 bits per heavy atom. The maximum absolute atomic E-state index is 5.38. The van der Waals surface area contributed by atoms with E-state index >= 15 is 0 Å². The minimum absolute atomic E-state index is 0.0225. The number of rotatable bonds is 3. The van der Waals surface area contributed by atoms with E-state index in [-0.39, 0.29) is 5.41 Å². The van der Waals surface area contributed by atoms with Crippen molar-refractivity contribution in [3.63, 3.8) is 0 Å². The second-order valence-corrected chi connectivity index (χ2v) is 4.32. The van der Waals surface area contributed by atoms with Crippen LogP contribution in [0.1, 0.15) is 25.7 Å². The molecular weight excluding hydrogens is 220 g/mol. The Labute approximate surface area is 98.0 Å². The molecule has 0 bridgehead atoms. The second kappa shape index (κ2) is 3.92. The first-order valence-electron chi connectivity index (χ1n) is 5.75. The molecule has 0 aromatic carbocycles. The van der Waals surface area contributed by atoms with E-state index < -0.39 is 0 Å². The zero-order valence-electron chi connectivity index (χ0n) is 9.60. The van der Waals surface area contributed by atoms with Gasteiger partial charge in [-0.05, 0) is 19.4 Å². The number of nitrogens with zero attached hydrogens (tertiary/aromatic N) is 4. The lowest BCUT2D eigenvalue weighted by Crippen LogP contribution is -2.28. The monoisotopic (exact) mass is 234 g/mol. The molecule has 2 N–H and O–H groups in total. The van der Waals surface area contributed by atoms with Crippen molar-refractivity contribution in [1.29, 1.82) is 0 Å². The van der Waals surface area contributed by atoms with Gasteiger partial charge in [-0.25, -0.2) is 4.98 Å². The van der Waals surface area contributed by atoms with E-state index in [0.717, 1.165) is 25.9 Å². The second-order valence-electron chi connectivity index (χ2n) is 4.32. The van der Waals surface area contributed by atoms with Crippen LogP contribution in [0.25, 0.3) is 11.6 Å². The van der Waals surface area contributed by atoms with Crippen molar-refractivity contribution in [2.24, 2.45) is 0 Å². The van der Waals surface area contributed by atoms with Gasteiger partial charge in [0.1, 0.15) is 6.33 Å². The Balaban J connectivity index is 1.94. The Bertz CT molecular complexity index is 485. The van der Waals surface area contributed by atoms with Gasteiger partial charge in [0.05, 0.1) is 5.41 Å². The number of hydrogen-bond donors (Lipinski definition) is 2. The van der Waals surface area contributed by atoms with Gasteiger partial charge in [-0.2, -0.15) is 10.1 Å². The summed E-state index contributed by atoms with van der Waals surface area (Å²) >= 11 is 0. The van der Waals surface area contributed by atoms with Gasteiger partial charge >= 0.3 is 0 Å². The first-order valence-corrected chi connectivity index (χ1v) is 5.75. The quantitative estimate of drug-likeness (QED) is 0.803. The van der Waals surface area contributed by atoms with Crippen LogP contribution in [-0.2, 0) is 5.41 Å². The third-order valence-corrected chi connectivity index (χ3v) is 3.43. The molecule has 1 atom stereocenters.